The van der Waals surface area contributed by atoms with E-state index in [1.165, 1.54) is 15.6 Å². The highest BCUT2D eigenvalue weighted by Gasteiger charge is 2.15. The zero-order chi connectivity index (χ0) is 14.8. The van der Waals surface area contributed by atoms with Crippen LogP contribution in [0.1, 0.15) is 31.1 Å². The van der Waals surface area contributed by atoms with Gasteiger partial charge in [-0.3, -0.25) is 0 Å². The van der Waals surface area contributed by atoms with E-state index in [0.29, 0.717) is 0 Å². The van der Waals surface area contributed by atoms with Crippen LogP contribution in [0.2, 0.25) is 0 Å². The number of rotatable bonds is 5. The predicted octanol–water partition coefficient (Wildman–Crippen LogP) is 3.55. The Morgan fingerprint density at radius 3 is 2.95 bits per heavy atom. The zero-order valence-electron chi connectivity index (χ0n) is 12.7. The summed E-state index contributed by atoms with van der Waals surface area (Å²) in [5.74, 6) is 0. The molecular formula is C16H20N4S. The molecule has 0 saturated carbocycles. The Kier molecular flexibility index (Phi) is 4.03. The third-order valence-electron chi connectivity index (χ3n) is 3.89. The average molecular weight is 300 g/mol. The van der Waals surface area contributed by atoms with Gasteiger partial charge in [0, 0.05) is 11.2 Å². The molecule has 0 aliphatic rings. The van der Waals surface area contributed by atoms with Crippen LogP contribution >= 0.6 is 11.3 Å². The Hall–Kier alpha value is -1.72. The quantitative estimate of drug-likeness (QED) is 0.722. The summed E-state index contributed by atoms with van der Waals surface area (Å²) < 4.78 is 3.29. The molecule has 21 heavy (non-hydrogen) atoms. The van der Waals surface area contributed by atoms with Gasteiger partial charge in [0.1, 0.15) is 0 Å². The molecule has 5 heteroatoms. The maximum Gasteiger partial charge on any atom is 0.0967 e. The Morgan fingerprint density at radius 2 is 2.14 bits per heavy atom. The van der Waals surface area contributed by atoms with Crippen molar-refractivity contribution < 1.29 is 0 Å². The number of nitrogens with zero attached hydrogens (tertiary/aromatic N) is 4. The molecule has 2 aromatic heterocycles. The van der Waals surface area contributed by atoms with Crippen LogP contribution in [0.5, 0.6) is 0 Å². The van der Waals surface area contributed by atoms with E-state index < -0.39 is 0 Å². The van der Waals surface area contributed by atoms with E-state index in [2.05, 4.69) is 71.9 Å². The van der Waals surface area contributed by atoms with Crippen molar-refractivity contribution in [1.29, 1.82) is 0 Å². The topological polar surface area (TPSA) is 34.0 Å². The lowest BCUT2D eigenvalue weighted by molar-refractivity contribution is 0.341. The third-order valence-corrected chi connectivity index (χ3v) is 4.87. The van der Waals surface area contributed by atoms with Gasteiger partial charge in [0.2, 0.25) is 0 Å². The van der Waals surface area contributed by atoms with E-state index in [1.807, 2.05) is 4.68 Å². The molecule has 0 fully saturated rings. The van der Waals surface area contributed by atoms with Crippen molar-refractivity contribution >= 4 is 21.4 Å². The van der Waals surface area contributed by atoms with Crippen molar-refractivity contribution in [2.45, 2.75) is 26.4 Å². The van der Waals surface area contributed by atoms with E-state index in [-0.39, 0.29) is 6.04 Å². The number of hydrogen-bond acceptors (Lipinski definition) is 4. The molecule has 1 aromatic carbocycles. The largest absolute Gasteiger partial charge is 0.301 e. The van der Waals surface area contributed by atoms with Gasteiger partial charge in [0.05, 0.1) is 17.9 Å². The lowest BCUT2D eigenvalue weighted by Crippen LogP contribution is -2.16. The van der Waals surface area contributed by atoms with Crippen molar-refractivity contribution in [3.63, 3.8) is 0 Å². The average Bonchev–Trinajstić information content (AvgIpc) is 3.13. The second-order valence-electron chi connectivity index (χ2n) is 5.38. The van der Waals surface area contributed by atoms with E-state index in [4.69, 9.17) is 0 Å². The van der Waals surface area contributed by atoms with Gasteiger partial charge in [-0.2, -0.15) is 0 Å². The molecule has 0 spiro atoms. The first-order valence-corrected chi connectivity index (χ1v) is 8.12. The molecule has 4 nitrogen and oxygen atoms in total. The molecule has 0 aliphatic heterocycles. The van der Waals surface area contributed by atoms with Gasteiger partial charge in [-0.25, -0.2) is 4.68 Å². The molecule has 3 aromatic rings. The van der Waals surface area contributed by atoms with Gasteiger partial charge in [0.25, 0.3) is 0 Å². The Morgan fingerprint density at radius 1 is 1.33 bits per heavy atom. The highest BCUT2D eigenvalue weighted by Crippen LogP contribution is 2.31. The number of benzene rings is 1. The molecule has 0 unspecified atom stereocenters. The van der Waals surface area contributed by atoms with E-state index in [1.54, 1.807) is 11.3 Å². The van der Waals surface area contributed by atoms with Crippen LogP contribution in [0.25, 0.3) is 10.1 Å². The molecule has 0 radical (unpaired) electrons. The number of hydrogen-bond donors (Lipinski definition) is 0. The van der Waals surface area contributed by atoms with Gasteiger partial charge < -0.3 is 4.90 Å². The van der Waals surface area contributed by atoms with Crippen LogP contribution in [0.3, 0.4) is 0 Å². The van der Waals surface area contributed by atoms with Crippen LogP contribution in [0.15, 0.2) is 35.8 Å². The monoisotopic (exact) mass is 300 g/mol. The summed E-state index contributed by atoms with van der Waals surface area (Å²) in [5, 5.41) is 12.1. The van der Waals surface area contributed by atoms with Gasteiger partial charge in [0.15, 0.2) is 0 Å². The minimum atomic E-state index is 0.203. The molecule has 0 N–H and O–H groups in total. The number of aromatic nitrogens is 3. The van der Waals surface area contributed by atoms with Gasteiger partial charge >= 0.3 is 0 Å². The standard InChI is InChI=1S/C16H20N4S/c1-4-19(3)9-13-10-20(18-17-13)12(2)15-11-21-16-8-6-5-7-14(15)16/h5-8,10-12H,4,9H2,1-3H3/t12-/m0/s1. The van der Waals surface area contributed by atoms with Gasteiger partial charge in [-0.15, -0.1) is 16.4 Å². The van der Waals surface area contributed by atoms with Crippen LogP contribution in [-0.2, 0) is 6.54 Å². The summed E-state index contributed by atoms with van der Waals surface area (Å²) in [7, 11) is 2.09. The van der Waals surface area contributed by atoms with Crippen LogP contribution in [-0.4, -0.2) is 33.5 Å². The molecule has 3 rings (SSSR count). The summed E-state index contributed by atoms with van der Waals surface area (Å²) >= 11 is 1.79. The summed E-state index contributed by atoms with van der Waals surface area (Å²) in [6.07, 6.45) is 2.06. The molecule has 0 bridgehead atoms. The fourth-order valence-corrected chi connectivity index (χ4v) is 3.48. The highest BCUT2D eigenvalue weighted by atomic mass is 32.1. The summed E-state index contributed by atoms with van der Waals surface area (Å²) in [6.45, 7) is 6.17. The molecule has 110 valence electrons. The fourth-order valence-electron chi connectivity index (χ4n) is 2.43. The molecule has 0 saturated heterocycles. The van der Waals surface area contributed by atoms with Crippen LogP contribution < -0.4 is 0 Å². The van der Waals surface area contributed by atoms with Crippen molar-refractivity contribution in [2.75, 3.05) is 13.6 Å². The first-order valence-electron chi connectivity index (χ1n) is 7.24. The summed E-state index contributed by atoms with van der Waals surface area (Å²) in [5.41, 5.74) is 2.33. The SMILES string of the molecule is CCN(C)Cc1cn([C@@H](C)c2csc3ccccc23)nn1. The minimum Gasteiger partial charge on any atom is -0.301 e. The smallest absolute Gasteiger partial charge is 0.0967 e. The Labute approximate surface area is 129 Å². The van der Waals surface area contributed by atoms with Crippen molar-refractivity contribution in [1.82, 2.24) is 19.9 Å². The maximum absolute atomic E-state index is 4.31. The molecule has 1 atom stereocenters. The molecule has 0 aliphatic carbocycles. The van der Waals surface area contributed by atoms with Crippen LogP contribution in [0, 0.1) is 0 Å². The zero-order valence-corrected chi connectivity index (χ0v) is 13.5. The first-order chi connectivity index (χ1) is 10.2. The van der Waals surface area contributed by atoms with E-state index >= 15 is 0 Å². The Bertz CT molecular complexity index is 731. The summed E-state index contributed by atoms with van der Waals surface area (Å²) in [4.78, 5) is 2.22. The number of fused-ring (bicyclic) bond motifs is 1. The van der Waals surface area contributed by atoms with Gasteiger partial charge in [-0.05, 0) is 42.9 Å². The van der Waals surface area contributed by atoms with E-state index in [0.717, 1.165) is 18.8 Å². The van der Waals surface area contributed by atoms with Crippen molar-refractivity contribution in [2.24, 2.45) is 0 Å². The second-order valence-corrected chi connectivity index (χ2v) is 6.29. The van der Waals surface area contributed by atoms with E-state index in [9.17, 15) is 0 Å². The fraction of sp³-hybridized carbons (Fsp3) is 0.375. The van der Waals surface area contributed by atoms with Crippen LogP contribution in [0.4, 0.5) is 0 Å². The summed E-state index contributed by atoms with van der Waals surface area (Å²) in [6, 6.07) is 8.73. The molecule has 0 amide bonds. The lowest BCUT2D eigenvalue weighted by atomic mass is 10.1. The van der Waals surface area contributed by atoms with Crippen molar-refractivity contribution in [3.8, 4) is 0 Å². The highest BCUT2D eigenvalue weighted by molar-refractivity contribution is 7.17. The first kappa shape index (κ1) is 14.2. The maximum atomic E-state index is 4.31. The molecule has 2 heterocycles. The molecular weight excluding hydrogens is 280 g/mol. The van der Waals surface area contributed by atoms with Crippen molar-refractivity contribution in [3.05, 3.63) is 47.1 Å². The third kappa shape index (κ3) is 2.84. The van der Waals surface area contributed by atoms with Gasteiger partial charge in [-0.1, -0.05) is 30.3 Å². The lowest BCUT2D eigenvalue weighted by Gasteiger charge is -2.11. The Balaban J connectivity index is 1.86. The number of thiophene rings is 1. The minimum absolute atomic E-state index is 0.203. The second kappa shape index (κ2) is 5.95. The predicted molar refractivity (Wildman–Crippen MR) is 87.7 cm³/mol. The normalized spacial score (nSPS) is 13.1.